The summed E-state index contributed by atoms with van der Waals surface area (Å²) in [6.45, 7) is 6.31. The van der Waals surface area contributed by atoms with Gasteiger partial charge in [-0.25, -0.2) is 9.78 Å². The van der Waals surface area contributed by atoms with Crippen LogP contribution in [0, 0.1) is 0 Å². The van der Waals surface area contributed by atoms with Gasteiger partial charge in [0, 0.05) is 23.1 Å². The molecular weight excluding hydrogens is 362 g/mol. The van der Waals surface area contributed by atoms with Crippen molar-refractivity contribution >= 4 is 23.3 Å². The monoisotopic (exact) mass is 387 g/mol. The van der Waals surface area contributed by atoms with Crippen LogP contribution in [0.5, 0.6) is 0 Å². The number of piperidine rings is 1. The molecule has 7 heteroatoms. The summed E-state index contributed by atoms with van der Waals surface area (Å²) in [6, 6.07) is 7.02. The molecule has 0 saturated carbocycles. The SMILES string of the molecule is CC(C)(C)OC(=O)N1CCCCC1c1csc(-c2ccc(C(N)=O)cc2)n1. The smallest absolute Gasteiger partial charge is 0.410 e. The van der Waals surface area contributed by atoms with Crippen LogP contribution in [0.25, 0.3) is 10.6 Å². The van der Waals surface area contributed by atoms with Gasteiger partial charge < -0.3 is 10.5 Å². The number of ether oxygens (including phenoxy) is 1. The number of amides is 2. The van der Waals surface area contributed by atoms with Crippen molar-refractivity contribution in [3.8, 4) is 10.6 Å². The summed E-state index contributed by atoms with van der Waals surface area (Å²) in [6.07, 6.45) is 2.63. The predicted molar refractivity (Wildman–Crippen MR) is 106 cm³/mol. The topological polar surface area (TPSA) is 85.5 Å². The second-order valence-corrected chi connectivity index (χ2v) is 8.56. The molecule has 1 aromatic heterocycles. The third kappa shape index (κ3) is 4.66. The Morgan fingerprint density at radius 2 is 1.93 bits per heavy atom. The van der Waals surface area contributed by atoms with E-state index in [1.165, 1.54) is 11.3 Å². The Bertz CT molecular complexity index is 824. The van der Waals surface area contributed by atoms with Gasteiger partial charge in [0.05, 0.1) is 11.7 Å². The first-order chi connectivity index (χ1) is 12.7. The second-order valence-electron chi connectivity index (χ2n) is 7.70. The molecule has 1 fully saturated rings. The van der Waals surface area contributed by atoms with Gasteiger partial charge in [-0.3, -0.25) is 9.69 Å². The van der Waals surface area contributed by atoms with E-state index in [9.17, 15) is 9.59 Å². The van der Waals surface area contributed by atoms with Gasteiger partial charge in [-0.15, -0.1) is 11.3 Å². The molecule has 0 radical (unpaired) electrons. The Morgan fingerprint density at radius 1 is 1.22 bits per heavy atom. The van der Waals surface area contributed by atoms with E-state index in [4.69, 9.17) is 15.5 Å². The van der Waals surface area contributed by atoms with Crippen molar-refractivity contribution in [3.05, 3.63) is 40.9 Å². The molecule has 1 aliphatic heterocycles. The van der Waals surface area contributed by atoms with Gasteiger partial charge in [-0.05, 0) is 52.2 Å². The molecule has 2 N–H and O–H groups in total. The van der Waals surface area contributed by atoms with E-state index in [1.54, 1.807) is 17.0 Å². The summed E-state index contributed by atoms with van der Waals surface area (Å²) in [4.78, 5) is 30.4. The van der Waals surface area contributed by atoms with E-state index in [2.05, 4.69) is 0 Å². The number of carbonyl (C=O) groups is 2. The Hall–Kier alpha value is -2.41. The van der Waals surface area contributed by atoms with Gasteiger partial charge >= 0.3 is 6.09 Å². The molecule has 0 bridgehead atoms. The van der Waals surface area contributed by atoms with Gasteiger partial charge in [0.15, 0.2) is 0 Å². The largest absolute Gasteiger partial charge is 0.444 e. The summed E-state index contributed by atoms with van der Waals surface area (Å²) in [5.74, 6) is -0.448. The number of primary amides is 1. The van der Waals surface area contributed by atoms with E-state index in [-0.39, 0.29) is 12.1 Å². The Kier molecular flexibility index (Phi) is 5.51. The van der Waals surface area contributed by atoms with Crippen LogP contribution in [-0.2, 0) is 4.74 Å². The van der Waals surface area contributed by atoms with E-state index in [0.29, 0.717) is 12.1 Å². The van der Waals surface area contributed by atoms with Crippen LogP contribution in [0.15, 0.2) is 29.6 Å². The second kappa shape index (κ2) is 7.68. The lowest BCUT2D eigenvalue weighted by Gasteiger charge is -2.36. The van der Waals surface area contributed by atoms with Crippen molar-refractivity contribution in [2.45, 2.75) is 51.7 Å². The zero-order chi connectivity index (χ0) is 19.6. The van der Waals surface area contributed by atoms with Crippen LogP contribution >= 0.6 is 11.3 Å². The van der Waals surface area contributed by atoms with Crippen molar-refractivity contribution in [2.75, 3.05) is 6.54 Å². The first-order valence-electron chi connectivity index (χ1n) is 9.10. The fourth-order valence-corrected chi connectivity index (χ4v) is 4.00. The minimum Gasteiger partial charge on any atom is -0.444 e. The summed E-state index contributed by atoms with van der Waals surface area (Å²) >= 11 is 1.53. The lowest BCUT2D eigenvalue weighted by molar-refractivity contribution is 0.00907. The summed E-state index contributed by atoms with van der Waals surface area (Å²) in [5, 5.41) is 2.86. The maximum absolute atomic E-state index is 12.6. The number of nitrogens with zero attached hydrogens (tertiary/aromatic N) is 2. The number of rotatable bonds is 3. The highest BCUT2D eigenvalue weighted by atomic mass is 32.1. The molecule has 0 spiro atoms. The molecule has 1 aromatic carbocycles. The third-order valence-corrected chi connectivity index (χ3v) is 5.32. The van der Waals surface area contributed by atoms with Gasteiger partial charge in [0.25, 0.3) is 0 Å². The standard InChI is InChI=1S/C20H25N3O3S/c1-20(2,3)26-19(25)23-11-5-4-6-16(23)15-12-27-18(22-15)14-9-7-13(8-10-14)17(21)24/h7-10,12,16H,4-6,11H2,1-3H3,(H2,21,24). The molecule has 2 aromatic rings. The van der Waals surface area contributed by atoms with Crippen molar-refractivity contribution in [2.24, 2.45) is 5.73 Å². The summed E-state index contributed by atoms with van der Waals surface area (Å²) < 4.78 is 5.57. The lowest BCUT2D eigenvalue weighted by Crippen LogP contribution is -2.42. The van der Waals surface area contributed by atoms with Crippen molar-refractivity contribution in [1.82, 2.24) is 9.88 Å². The molecular formula is C20H25N3O3S. The van der Waals surface area contributed by atoms with E-state index >= 15 is 0 Å². The van der Waals surface area contributed by atoms with Crippen LogP contribution in [0.2, 0.25) is 0 Å². The molecule has 1 atom stereocenters. The summed E-state index contributed by atoms with van der Waals surface area (Å²) in [7, 11) is 0. The maximum Gasteiger partial charge on any atom is 0.410 e. The quantitative estimate of drug-likeness (QED) is 0.847. The van der Waals surface area contributed by atoms with E-state index < -0.39 is 11.5 Å². The molecule has 1 unspecified atom stereocenters. The van der Waals surface area contributed by atoms with E-state index in [1.807, 2.05) is 38.3 Å². The Balaban J connectivity index is 1.80. The highest BCUT2D eigenvalue weighted by Crippen LogP contribution is 2.35. The van der Waals surface area contributed by atoms with Crippen LogP contribution in [-0.4, -0.2) is 34.0 Å². The fourth-order valence-electron chi connectivity index (χ4n) is 3.13. The lowest BCUT2D eigenvalue weighted by atomic mass is 10.0. The zero-order valence-electron chi connectivity index (χ0n) is 15.9. The number of benzene rings is 1. The van der Waals surface area contributed by atoms with Crippen LogP contribution < -0.4 is 5.73 Å². The molecule has 0 aliphatic carbocycles. The van der Waals surface area contributed by atoms with Gasteiger partial charge in [0.2, 0.25) is 5.91 Å². The average Bonchev–Trinajstić information content (AvgIpc) is 3.10. The van der Waals surface area contributed by atoms with Crippen LogP contribution in [0.4, 0.5) is 4.79 Å². The minimum absolute atomic E-state index is 0.0662. The molecule has 1 saturated heterocycles. The minimum atomic E-state index is -0.519. The summed E-state index contributed by atoms with van der Waals surface area (Å²) in [5.41, 5.74) is 7.06. The fraction of sp³-hybridized carbons (Fsp3) is 0.450. The maximum atomic E-state index is 12.6. The Morgan fingerprint density at radius 3 is 2.56 bits per heavy atom. The zero-order valence-corrected chi connectivity index (χ0v) is 16.7. The number of aromatic nitrogens is 1. The van der Waals surface area contributed by atoms with Gasteiger partial charge in [0.1, 0.15) is 10.6 Å². The normalized spacial score (nSPS) is 17.6. The third-order valence-electron chi connectivity index (χ3n) is 4.41. The average molecular weight is 388 g/mol. The molecule has 1 aliphatic rings. The molecule has 2 heterocycles. The molecule has 3 rings (SSSR count). The molecule has 6 nitrogen and oxygen atoms in total. The van der Waals surface area contributed by atoms with Gasteiger partial charge in [-0.2, -0.15) is 0 Å². The van der Waals surface area contributed by atoms with Crippen molar-refractivity contribution in [1.29, 1.82) is 0 Å². The number of hydrogen-bond acceptors (Lipinski definition) is 5. The highest BCUT2D eigenvalue weighted by Gasteiger charge is 2.32. The number of thiazole rings is 1. The van der Waals surface area contributed by atoms with Crippen LogP contribution in [0.1, 0.15) is 62.1 Å². The van der Waals surface area contributed by atoms with Crippen LogP contribution in [0.3, 0.4) is 0 Å². The molecule has 27 heavy (non-hydrogen) atoms. The van der Waals surface area contributed by atoms with E-state index in [0.717, 1.165) is 35.5 Å². The number of nitrogens with two attached hydrogens (primary N) is 1. The first-order valence-corrected chi connectivity index (χ1v) is 9.98. The molecule has 144 valence electrons. The number of likely N-dealkylation sites (tertiary alicyclic amines) is 1. The van der Waals surface area contributed by atoms with Gasteiger partial charge in [-0.1, -0.05) is 12.1 Å². The first kappa shape index (κ1) is 19.4. The highest BCUT2D eigenvalue weighted by molar-refractivity contribution is 7.13. The molecule has 2 amide bonds. The predicted octanol–water partition coefficient (Wildman–Crippen LogP) is 4.37. The number of hydrogen-bond donors (Lipinski definition) is 1. The van der Waals surface area contributed by atoms with Crippen molar-refractivity contribution in [3.63, 3.8) is 0 Å². The Labute approximate surface area is 163 Å². The van der Waals surface area contributed by atoms with Crippen molar-refractivity contribution < 1.29 is 14.3 Å². The number of carbonyl (C=O) groups excluding carboxylic acids is 2.